The first kappa shape index (κ1) is 13.4. The van der Waals surface area contributed by atoms with Crippen LogP contribution < -0.4 is 5.32 Å². The first-order chi connectivity index (χ1) is 9.10. The molecule has 0 saturated carbocycles. The number of para-hydroxylation sites is 1. The Hall–Kier alpha value is -2.08. The van der Waals surface area contributed by atoms with E-state index in [-0.39, 0.29) is 5.56 Å². The number of hydrogen-bond acceptors (Lipinski definition) is 5. The molecule has 2 aromatic rings. The number of aryl methyl sites for hydroxylation is 1. The van der Waals surface area contributed by atoms with Gasteiger partial charge in [0.1, 0.15) is 5.82 Å². The average Bonchev–Trinajstić information content (AvgIpc) is 2.38. The van der Waals surface area contributed by atoms with Gasteiger partial charge in [0.2, 0.25) is 0 Å². The van der Waals surface area contributed by atoms with Crippen molar-refractivity contribution >= 4 is 29.2 Å². The second kappa shape index (κ2) is 5.71. The quantitative estimate of drug-likeness (QED) is 0.660. The van der Waals surface area contributed by atoms with Gasteiger partial charge in [-0.2, -0.15) is 0 Å². The molecule has 0 fully saturated rings. The molecule has 0 aliphatic rings. The zero-order valence-corrected chi connectivity index (χ0v) is 11.4. The molecule has 0 saturated heterocycles. The smallest absolute Gasteiger partial charge is 0.337 e. The summed E-state index contributed by atoms with van der Waals surface area (Å²) < 4.78 is 0. The Kier molecular flexibility index (Phi) is 4.01. The highest BCUT2D eigenvalue weighted by atomic mass is 32.2. The normalized spacial score (nSPS) is 10.2. The number of nitrogens with zero attached hydrogens (tertiary/aromatic N) is 2. The molecule has 2 rings (SSSR count). The van der Waals surface area contributed by atoms with E-state index in [2.05, 4.69) is 15.3 Å². The van der Waals surface area contributed by atoms with Gasteiger partial charge in [-0.3, -0.25) is 0 Å². The van der Waals surface area contributed by atoms with Crippen LogP contribution in [0.5, 0.6) is 0 Å². The van der Waals surface area contributed by atoms with E-state index in [4.69, 9.17) is 5.11 Å². The molecule has 0 spiro atoms. The molecule has 0 amide bonds. The summed E-state index contributed by atoms with van der Waals surface area (Å²) in [6.07, 6.45) is 1.89. The number of benzene rings is 1. The van der Waals surface area contributed by atoms with E-state index in [1.807, 2.05) is 13.2 Å². The van der Waals surface area contributed by atoms with Gasteiger partial charge in [-0.15, -0.1) is 0 Å². The van der Waals surface area contributed by atoms with Gasteiger partial charge in [0.15, 0.2) is 5.16 Å². The molecular weight excluding hydrogens is 262 g/mol. The lowest BCUT2D eigenvalue weighted by Gasteiger charge is -2.09. The Labute approximate surface area is 115 Å². The van der Waals surface area contributed by atoms with Gasteiger partial charge in [0, 0.05) is 11.8 Å². The highest BCUT2D eigenvalue weighted by Gasteiger charge is 2.10. The number of aromatic carboxylic acids is 1. The zero-order valence-electron chi connectivity index (χ0n) is 10.5. The zero-order chi connectivity index (χ0) is 13.8. The summed E-state index contributed by atoms with van der Waals surface area (Å²) in [6.45, 7) is 1.87. The number of aromatic nitrogens is 2. The minimum Gasteiger partial charge on any atom is -0.478 e. The van der Waals surface area contributed by atoms with Crippen molar-refractivity contribution in [3.63, 3.8) is 0 Å². The van der Waals surface area contributed by atoms with Gasteiger partial charge in [-0.05, 0) is 25.3 Å². The standard InChI is InChI=1S/C13H13N3O2S/c1-8-7-11(16-13(14-8)19-2)15-10-6-4-3-5-9(10)12(17)18/h3-7H,1-2H3,(H,17,18)(H,14,15,16). The Morgan fingerprint density at radius 2 is 2.05 bits per heavy atom. The maximum absolute atomic E-state index is 11.1. The van der Waals surface area contributed by atoms with Crippen LogP contribution >= 0.6 is 11.8 Å². The van der Waals surface area contributed by atoms with Gasteiger partial charge in [-0.1, -0.05) is 23.9 Å². The van der Waals surface area contributed by atoms with Crippen molar-refractivity contribution in [3.05, 3.63) is 41.6 Å². The highest BCUT2D eigenvalue weighted by molar-refractivity contribution is 7.98. The maximum Gasteiger partial charge on any atom is 0.337 e. The Balaban J connectivity index is 2.36. The number of carbonyl (C=O) groups is 1. The Morgan fingerprint density at radius 3 is 2.74 bits per heavy atom. The van der Waals surface area contributed by atoms with E-state index in [9.17, 15) is 4.79 Å². The van der Waals surface area contributed by atoms with E-state index in [0.29, 0.717) is 16.7 Å². The molecule has 1 heterocycles. The summed E-state index contributed by atoms with van der Waals surface area (Å²) in [5.41, 5.74) is 1.55. The maximum atomic E-state index is 11.1. The van der Waals surface area contributed by atoms with Gasteiger partial charge in [0.05, 0.1) is 11.3 Å². The molecule has 98 valence electrons. The summed E-state index contributed by atoms with van der Waals surface area (Å²) in [7, 11) is 0. The molecule has 0 atom stereocenters. The van der Waals surface area contributed by atoms with Crippen molar-refractivity contribution in [1.29, 1.82) is 0 Å². The van der Waals surface area contributed by atoms with E-state index in [1.54, 1.807) is 30.3 Å². The van der Waals surface area contributed by atoms with Crippen LogP contribution in [0.2, 0.25) is 0 Å². The minimum absolute atomic E-state index is 0.212. The molecule has 5 nitrogen and oxygen atoms in total. The SMILES string of the molecule is CSc1nc(C)cc(Nc2ccccc2C(=O)O)n1. The third kappa shape index (κ3) is 3.23. The predicted octanol–water partition coefficient (Wildman–Crippen LogP) is 2.95. The molecule has 1 aromatic heterocycles. The number of rotatable bonds is 4. The number of anilines is 2. The number of hydrogen-bond donors (Lipinski definition) is 2. The van der Waals surface area contributed by atoms with Crippen LogP contribution in [0.15, 0.2) is 35.5 Å². The fourth-order valence-electron chi connectivity index (χ4n) is 1.61. The van der Waals surface area contributed by atoms with Crippen LogP contribution in [0.25, 0.3) is 0 Å². The van der Waals surface area contributed by atoms with Crippen LogP contribution in [0.3, 0.4) is 0 Å². The van der Waals surface area contributed by atoms with E-state index in [1.165, 1.54) is 11.8 Å². The number of carboxylic acid groups (broad SMARTS) is 1. The minimum atomic E-state index is -0.973. The van der Waals surface area contributed by atoms with E-state index in [0.717, 1.165) is 5.69 Å². The average molecular weight is 275 g/mol. The summed E-state index contributed by atoms with van der Waals surface area (Å²) in [5.74, 6) is -0.385. The lowest BCUT2D eigenvalue weighted by molar-refractivity contribution is 0.0698. The molecule has 0 aliphatic heterocycles. The molecule has 0 radical (unpaired) electrons. The fourth-order valence-corrected chi connectivity index (χ4v) is 2.04. The fraction of sp³-hybridized carbons (Fsp3) is 0.154. The second-order valence-corrected chi connectivity index (χ2v) is 4.63. The van der Waals surface area contributed by atoms with Crippen LogP contribution in [0.1, 0.15) is 16.1 Å². The van der Waals surface area contributed by atoms with Crippen molar-refractivity contribution < 1.29 is 9.90 Å². The largest absolute Gasteiger partial charge is 0.478 e. The Morgan fingerprint density at radius 1 is 1.32 bits per heavy atom. The molecule has 6 heteroatoms. The van der Waals surface area contributed by atoms with Crippen LogP contribution in [0, 0.1) is 6.92 Å². The highest BCUT2D eigenvalue weighted by Crippen LogP contribution is 2.21. The first-order valence-corrected chi connectivity index (χ1v) is 6.81. The number of carboxylic acids is 1. The van der Waals surface area contributed by atoms with Crippen molar-refractivity contribution in [2.24, 2.45) is 0 Å². The topological polar surface area (TPSA) is 75.1 Å². The van der Waals surface area contributed by atoms with Crippen LogP contribution in [-0.2, 0) is 0 Å². The Bertz CT molecular complexity index is 617. The predicted molar refractivity (Wildman–Crippen MR) is 75.2 cm³/mol. The third-order valence-electron chi connectivity index (χ3n) is 2.44. The van der Waals surface area contributed by atoms with Crippen molar-refractivity contribution in [2.75, 3.05) is 11.6 Å². The van der Waals surface area contributed by atoms with E-state index < -0.39 is 5.97 Å². The summed E-state index contributed by atoms with van der Waals surface area (Å²) in [6, 6.07) is 8.50. The van der Waals surface area contributed by atoms with Gasteiger partial charge in [0.25, 0.3) is 0 Å². The molecule has 0 unspecified atom stereocenters. The monoisotopic (exact) mass is 275 g/mol. The number of thioether (sulfide) groups is 1. The second-order valence-electron chi connectivity index (χ2n) is 3.86. The molecule has 1 aromatic carbocycles. The van der Waals surface area contributed by atoms with Crippen molar-refractivity contribution in [1.82, 2.24) is 9.97 Å². The van der Waals surface area contributed by atoms with Gasteiger partial charge >= 0.3 is 5.97 Å². The summed E-state index contributed by atoms with van der Waals surface area (Å²) >= 11 is 1.44. The van der Waals surface area contributed by atoms with Crippen LogP contribution in [-0.4, -0.2) is 27.3 Å². The van der Waals surface area contributed by atoms with E-state index >= 15 is 0 Å². The lowest BCUT2D eigenvalue weighted by atomic mass is 10.2. The van der Waals surface area contributed by atoms with Gasteiger partial charge < -0.3 is 10.4 Å². The lowest BCUT2D eigenvalue weighted by Crippen LogP contribution is -2.04. The third-order valence-corrected chi connectivity index (χ3v) is 2.98. The molecule has 19 heavy (non-hydrogen) atoms. The molecule has 0 aliphatic carbocycles. The molecule has 0 bridgehead atoms. The molecule has 2 N–H and O–H groups in total. The van der Waals surface area contributed by atoms with Crippen molar-refractivity contribution in [3.8, 4) is 0 Å². The van der Waals surface area contributed by atoms with Gasteiger partial charge in [-0.25, -0.2) is 14.8 Å². The summed E-state index contributed by atoms with van der Waals surface area (Å²) in [4.78, 5) is 19.7. The van der Waals surface area contributed by atoms with Crippen molar-refractivity contribution in [2.45, 2.75) is 12.1 Å². The first-order valence-electron chi connectivity index (χ1n) is 5.59. The molecular formula is C13H13N3O2S. The number of nitrogens with one attached hydrogen (secondary N) is 1. The summed E-state index contributed by atoms with van der Waals surface area (Å²) in [5, 5.41) is 12.8. The van der Waals surface area contributed by atoms with Crippen LogP contribution in [0.4, 0.5) is 11.5 Å².